The molecule has 1 amide bonds. The van der Waals surface area contributed by atoms with E-state index in [1.54, 1.807) is 5.38 Å². The highest BCUT2D eigenvalue weighted by molar-refractivity contribution is 7.13. The van der Waals surface area contributed by atoms with Gasteiger partial charge in [-0.2, -0.15) is 0 Å². The van der Waals surface area contributed by atoms with Gasteiger partial charge >= 0.3 is 0 Å². The number of aromatic nitrogens is 1. The molecule has 7 heteroatoms. The number of rotatable bonds is 4. The highest BCUT2D eigenvalue weighted by Gasteiger charge is 2.27. The van der Waals surface area contributed by atoms with E-state index in [-0.39, 0.29) is 23.7 Å². The third-order valence-electron chi connectivity index (χ3n) is 4.17. The summed E-state index contributed by atoms with van der Waals surface area (Å²) in [6.45, 7) is 6.85. The van der Waals surface area contributed by atoms with Gasteiger partial charge in [0.05, 0.1) is 0 Å². The van der Waals surface area contributed by atoms with Crippen molar-refractivity contribution in [1.29, 1.82) is 0 Å². The second-order valence-corrected chi connectivity index (χ2v) is 7.05. The quantitative estimate of drug-likeness (QED) is 0.883. The fourth-order valence-corrected chi connectivity index (χ4v) is 3.39. The minimum atomic E-state index is -0.106. The predicted molar refractivity (Wildman–Crippen MR) is 94.3 cm³/mol. The normalized spacial score (nSPS) is 16.6. The smallest absolute Gasteiger partial charge is 0.270 e. The van der Waals surface area contributed by atoms with Gasteiger partial charge in [0, 0.05) is 11.9 Å². The van der Waals surface area contributed by atoms with Crippen molar-refractivity contribution in [3.8, 4) is 10.8 Å². The zero-order valence-electron chi connectivity index (χ0n) is 13.3. The first-order valence-electron chi connectivity index (χ1n) is 7.57. The molecule has 2 aromatic rings. The minimum Gasteiger partial charge on any atom is -0.459 e. The summed E-state index contributed by atoms with van der Waals surface area (Å²) in [5.74, 6) is 1.45. The summed E-state index contributed by atoms with van der Waals surface area (Å²) in [7, 11) is 0. The molecule has 0 unspecified atom stereocenters. The molecule has 0 bridgehead atoms. The molecular weight excluding hydrogens is 334 g/mol. The van der Waals surface area contributed by atoms with Crippen molar-refractivity contribution in [2.75, 3.05) is 19.6 Å². The van der Waals surface area contributed by atoms with Crippen LogP contribution in [0.4, 0.5) is 0 Å². The van der Waals surface area contributed by atoms with E-state index in [9.17, 15) is 4.79 Å². The Balaban J connectivity index is 0.00000192. The Labute approximate surface area is 146 Å². The summed E-state index contributed by atoms with van der Waals surface area (Å²) in [6, 6.07) is 3.78. The Kier molecular flexibility index (Phi) is 5.84. The van der Waals surface area contributed by atoms with Crippen molar-refractivity contribution >= 4 is 29.7 Å². The van der Waals surface area contributed by atoms with E-state index in [1.807, 2.05) is 19.1 Å². The van der Waals surface area contributed by atoms with Crippen molar-refractivity contribution in [2.45, 2.75) is 26.7 Å². The molecule has 3 rings (SSSR count). The predicted octanol–water partition coefficient (Wildman–Crippen LogP) is 3.25. The molecule has 0 atom stereocenters. The number of amides is 1. The molecule has 0 spiro atoms. The average molecular weight is 356 g/mol. The Morgan fingerprint density at radius 1 is 1.43 bits per heavy atom. The van der Waals surface area contributed by atoms with Gasteiger partial charge < -0.3 is 15.1 Å². The summed E-state index contributed by atoms with van der Waals surface area (Å²) in [4.78, 5) is 16.6. The average Bonchev–Trinajstić information content (AvgIpc) is 3.14. The van der Waals surface area contributed by atoms with Crippen molar-refractivity contribution in [1.82, 2.24) is 15.6 Å². The molecule has 1 saturated heterocycles. The van der Waals surface area contributed by atoms with Crippen LogP contribution < -0.4 is 10.6 Å². The number of aryl methyl sites for hydroxylation is 1. The number of nitrogens with zero attached hydrogens (tertiary/aromatic N) is 1. The van der Waals surface area contributed by atoms with Crippen molar-refractivity contribution in [3.63, 3.8) is 0 Å². The number of carbonyl (C=O) groups is 1. The van der Waals surface area contributed by atoms with Gasteiger partial charge in [0.2, 0.25) is 0 Å². The summed E-state index contributed by atoms with van der Waals surface area (Å²) in [5.41, 5.74) is 0.643. The molecule has 23 heavy (non-hydrogen) atoms. The highest BCUT2D eigenvalue weighted by atomic mass is 35.5. The summed E-state index contributed by atoms with van der Waals surface area (Å²) in [5, 5.41) is 8.90. The molecule has 1 aliphatic rings. The van der Waals surface area contributed by atoms with E-state index in [0.717, 1.165) is 36.7 Å². The monoisotopic (exact) mass is 355 g/mol. The molecular formula is C16H22ClN3O2S. The van der Waals surface area contributed by atoms with Gasteiger partial charge in [-0.1, -0.05) is 6.92 Å². The molecule has 3 heterocycles. The van der Waals surface area contributed by atoms with Crippen LogP contribution in [0, 0.1) is 12.3 Å². The van der Waals surface area contributed by atoms with E-state index in [0.29, 0.717) is 18.0 Å². The third kappa shape index (κ3) is 4.34. The van der Waals surface area contributed by atoms with Gasteiger partial charge in [0.1, 0.15) is 11.5 Å². The lowest BCUT2D eigenvalue weighted by molar-refractivity contribution is 0.0918. The molecule has 0 aliphatic carbocycles. The minimum absolute atomic E-state index is 0. The van der Waals surface area contributed by atoms with E-state index in [2.05, 4.69) is 22.5 Å². The molecule has 2 aromatic heterocycles. The van der Waals surface area contributed by atoms with Gasteiger partial charge in [-0.3, -0.25) is 4.79 Å². The molecule has 5 nitrogen and oxygen atoms in total. The van der Waals surface area contributed by atoms with Crippen LogP contribution in [0.5, 0.6) is 0 Å². The van der Waals surface area contributed by atoms with E-state index in [4.69, 9.17) is 4.42 Å². The number of carbonyl (C=O) groups excluding carboxylic acids is 1. The number of hydrogen-bond donors (Lipinski definition) is 2. The fraction of sp³-hybridized carbons (Fsp3) is 0.500. The SMILES string of the molecule is Cc1ccc(-c2nc(C(=O)NCC3(C)CCNCC3)cs2)o1.Cl. The number of hydrogen-bond acceptors (Lipinski definition) is 5. The first kappa shape index (κ1) is 18.0. The van der Waals surface area contributed by atoms with Gasteiger partial charge in [0.15, 0.2) is 10.8 Å². The lowest BCUT2D eigenvalue weighted by Gasteiger charge is -2.34. The van der Waals surface area contributed by atoms with Crippen LogP contribution in [0.15, 0.2) is 21.9 Å². The number of nitrogens with one attached hydrogen (secondary N) is 2. The number of halogens is 1. The zero-order valence-corrected chi connectivity index (χ0v) is 15.0. The summed E-state index contributed by atoms with van der Waals surface area (Å²) < 4.78 is 5.54. The summed E-state index contributed by atoms with van der Waals surface area (Å²) in [6.07, 6.45) is 2.17. The van der Waals surface area contributed by atoms with E-state index >= 15 is 0 Å². The topological polar surface area (TPSA) is 67.2 Å². The Bertz CT molecular complexity index is 662. The van der Waals surface area contributed by atoms with Crippen LogP contribution >= 0.6 is 23.7 Å². The van der Waals surface area contributed by atoms with Gasteiger partial charge in [-0.25, -0.2) is 4.98 Å². The maximum absolute atomic E-state index is 12.3. The maximum Gasteiger partial charge on any atom is 0.270 e. The Morgan fingerprint density at radius 3 is 2.83 bits per heavy atom. The van der Waals surface area contributed by atoms with Crippen LogP contribution in [-0.2, 0) is 0 Å². The van der Waals surface area contributed by atoms with Crippen molar-refractivity contribution in [2.24, 2.45) is 5.41 Å². The molecule has 0 aromatic carbocycles. The third-order valence-corrected chi connectivity index (χ3v) is 5.03. The van der Waals surface area contributed by atoms with E-state index in [1.165, 1.54) is 11.3 Å². The van der Waals surface area contributed by atoms with Crippen molar-refractivity contribution < 1.29 is 9.21 Å². The largest absolute Gasteiger partial charge is 0.459 e. The van der Waals surface area contributed by atoms with Crippen LogP contribution in [0.25, 0.3) is 10.8 Å². The molecule has 0 saturated carbocycles. The maximum atomic E-state index is 12.3. The van der Waals surface area contributed by atoms with Crippen LogP contribution in [0.3, 0.4) is 0 Å². The first-order chi connectivity index (χ1) is 10.6. The first-order valence-corrected chi connectivity index (χ1v) is 8.45. The van der Waals surface area contributed by atoms with Gasteiger partial charge in [-0.15, -0.1) is 23.7 Å². The van der Waals surface area contributed by atoms with Gasteiger partial charge in [-0.05, 0) is 50.4 Å². The van der Waals surface area contributed by atoms with Crippen LogP contribution in [0.1, 0.15) is 36.0 Å². The van der Waals surface area contributed by atoms with Crippen LogP contribution in [-0.4, -0.2) is 30.5 Å². The second kappa shape index (κ2) is 7.47. The lowest BCUT2D eigenvalue weighted by Crippen LogP contribution is -2.42. The fourth-order valence-electron chi connectivity index (χ4n) is 2.63. The molecule has 0 radical (unpaired) electrons. The van der Waals surface area contributed by atoms with Crippen molar-refractivity contribution in [3.05, 3.63) is 29.0 Å². The zero-order chi connectivity index (χ0) is 15.6. The van der Waals surface area contributed by atoms with E-state index < -0.39 is 0 Å². The summed E-state index contributed by atoms with van der Waals surface area (Å²) >= 11 is 1.43. The second-order valence-electron chi connectivity index (χ2n) is 6.19. The number of thiazole rings is 1. The molecule has 126 valence electrons. The Morgan fingerprint density at radius 2 is 2.17 bits per heavy atom. The van der Waals surface area contributed by atoms with Crippen LogP contribution in [0.2, 0.25) is 0 Å². The number of furan rings is 1. The number of piperidine rings is 1. The standard InChI is InChI=1S/C16H21N3O2S.ClH/c1-11-3-4-13(21-11)15-19-12(9-22-15)14(20)18-10-16(2)5-7-17-8-6-16;/h3-4,9,17H,5-8,10H2,1-2H3,(H,18,20);1H. The molecule has 1 fully saturated rings. The Hall–Kier alpha value is -1.37. The lowest BCUT2D eigenvalue weighted by atomic mass is 9.81. The highest BCUT2D eigenvalue weighted by Crippen LogP contribution is 2.28. The van der Waals surface area contributed by atoms with Gasteiger partial charge in [0.25, 0.3) is 5.91 Å². The molecule has 2 N–H and O–H groups in total. The molecule has 1 aliphatic heterocycles.